The molecule has 0 aromatic heterocycles. The van der Waals surface area contributed by atoms with Gasteiger partial charge in [0.05, 0.1) is 5.57 Å². The first-order chi connectivity index (χ1) is 8.75. The van der Waals surface area contributed by atoms with Crippen LogP contribution in [0.2, 0.25) is 0 Å². The van der Waals surface area contributed by atoms with Gasteiger partial charge in [0.15, 0.2) is 5.78 Å². The van der Waals surface area contributed by atoms with E-state index < -0.39 is 0 Å². The van der Waals surface area contributed by atoms with Crippen LogP contribution in [0.5, 0.6) is 0 Å². The van der Waals surface area contributed by atoms with Crippen LogP contribution in [0, 0.1) is 5.92 Å². The highest BCUT2D eigenvalue weighted by molar-refractivity contribution is 6.12. The van der Waals surface area contributed by atoms with E-state index in [9.17, 15) is 4.79 Å². The van der Waals surface area contributed by atoms with Crippen molar-refractivity contribution in [1.82, 2.24) is 0 Å². The van der Waals surface area contributed by atoms with Gasteiger partial charge < -0.3 is 4.74 Å². The molecule has 94 valence electrons. The van der Waals surface area contributed by atoms with Crippen LogP contribution in [-0.4, -0.2) is 12.4 Å². The third-order valence-electron chi connectivity index (χ3n) is 3.88. The van der Waals surface area contributed by atoms with Crippen LogP contribution in [0.1, 0.15) is 32.6 Å². The number of rotatable bonds is 0. The van der Waals surface area contributed by atoms with Crippen LogP contribution < -0.4 is 0 Å². The Morgan fingerprint density at radius 1 is 1.28 bits per heavy atom. The zero-order valence-electron chi connectivity index (χ0n) is 10.7. The van der Waals surface area contributed by atoms with Gasteiger partial charge in [-0.1, -0.05) is 25.2 Å². The van der Waals surface area contributed by atoms with Gasteiger partial charge in [0.2, 0.25) is 0 Å². The van der Waals surface area contributed by atoms with Gasteiger partial charge in [-0.2, -0.15) is 0 Å². The van der Waals surface area contributed by atoms with Gasteiger partial charge in [0.25, 0.3) is 0 Å². The minimum Gasteiger partial charge on any atom is -0.488 e. The summed E-state index contributed by atoms with van der Waals surface area (Å²) in [4.78, 5) is 12.5. The Hall–Kier alpha value is -1.57. The standard InChI is InChI=1S/C16H18O2/c1-11-6-8-12(9-7-11)14-10-18-15-5-3-2-4-13(15)16(14)17/h4-6,8,11H,2-3,7,9-10H2,1H3/b14-12+. The normalized spacial score (nSPS) is 31.4. The molecule has 2 aliphatic carbocycles. The number of carbonyl (C=O) groups excluding carboxylic acids is 1. The van der Waals surface area contributed by atoms with Gasteiger partial charge in [-0.05, 0) is 43.3 Å². The number of Topliss-reactive ketones (excluding diaryl/α,β-unsaturated/α-hetero) is 1. The lowest BCUT2D eigenvalue weighted by molar-refractivity contribution is -0.113. The van der Waals surface area contributed by atoms with Crippen molar-refractivity contribution >= 4 is 5.78 Å². The molecule has 1 fully saturated rings. The summed E-state index contributed by atoms with van der Waals surface area (Å²) in [6, 6.07) is 0. The third-order valence-corrected chi connectivity index (χ3v) is 3.88. The molecule has 2 nitrogen and oxygen atoms in total. The quantitative estimate of drug-likeness (QED) is 0.608. The number of allylic oxidation sites excluding steroid dienone is 6. The van der Waals surface area contributed by atoms with Gasteiger partial charge in [0, 0.05) is 5.57 Å². The van der Waals surface area contributed by atoms with Crippen molar-refractivity contribution in [1.29, 1.82) is 0 Å². The molecule has 1 aliphatic heterocycles. The number of hydrogen-bond acceptors (Lipinski definition) is 2. The summed E-state index contributed by atoms with van der Waals surface area (Å²) >= 11 is 0. The summed E-state index contributed by atoms with van der Waals surface area (Å²) in [6.45, 7) is 2.65. The predicted molar refractivity (Wildman–Crippen MR) is 70.9 cm³/mol. The highest BCUT2D eigenvalue weighted by Gasteiger charge is 2.29. The lowest BCUT2D eigenvalue weighted by atomic mass is 9.86. The molecule has 0 amide bonds. The van der Waals surface area contributed by atoms with Crippen molar-refractivity contribution in [2.45, 2.75) is 32.6 Å². The van der Waals surface area contributed by atoms with E-state index in [1.165, 1.54) is 5.57 Å². The van der Waals surface area contributed by atoms with Crippen molar-refractivity contribution in [3.63, 3.8) is 0 Å². The molecule has 1 unspecified atom stereocenters. The van der Waals surface area contributed by atoms with Crippen molar-refractivity contribution < 1.29 is 9.53 Å². The van der Waals surface area contributed by atoms with Crippen LogP contribution in [0.3, 0.4) is 0 Å². The Morgan fingerprint density at radius 2 is 2.11 bits per heavy atom. The Labute approximate surface area is 108 Å². The number of carbonyl (C=O) groups is 1. The van der Waals surface area contributed by atoms with E-state index in [-0.39, 0.29) is 5.78 Å². The number of ether oxygens (including phenoxy) is 1. The first-order valence-electron chi connectivity index (χ1n) is 6.74. The SMILES string of the molecule is CC1C=C/C(=C2/COC3=CCCC=C3C2=O)CC1. The molecule has 0 spiro atoms. The van der Waals surface area contributed by atoms with Gasteiger partial charge in [-0.25, -0.2) is 0 Å². The minimum absolute atomic E-state index is 0.182. The second-order valence-corrected chi connectivity index (χ2v) is 5.26. The summed E-state index contributed by atoms with van der Waals surface area (Å²) in [5.41, 5.74) is 2.81. The molecule has 18 heavy (non-hydrogen) atoms. The van der Waals surface area contributed by atoms with Crippen LogP contribution >= 0.6 is 0 Å². The molecule has 1 saturated heterocycles. The second kappa shape index (κ2) is 4.60. The zero-order valence-corrected chi connectivity index (χ0v) is 10.7. The molecule has 0 aromatic carbocycles. The first-order valence-corrected chi connectivity index (χ1v) is 6.74. The smallest absolute Gasteiger partial charge is 0.196 e. The number of fused-ring (bicyclic) bond motifs is 1. The maximum atomic E-state index is 12.5. The van der Waals surface area contributed by atoms with Crippen molar-refractivity contribution in [2.24, 2.45) is 5.92 Å². The van der Waals surface area contributed by atoms with E-state index >= 15 is 0 Å². The summed E-state index contributed by atoms with van der Waals surface area (Å²) in [5, 5.41) is 0. The molecule has 0 radical (unpaired) electrons. The number of ketones is 1. The monoisotopic (exact) mass is 242 g/mol. The van der Waals surface area contributed by atoms with Crippen molar-refractivity contribution in [3.8, 4) is 0 Å². The van der Waals surface area contributed by atoms with Gasteiger partial charge in [-0.3, -0.25) is 4.79 Å². The molecule has 0 aromatic rings. The van der Waals surface area contributed by atoms with Crippen LogP contribution in [0.15, 0.2) is 46.8 Å². The van der Waals surface area contributed by atoms with E-state index in [2.05, 4.69) is 19.1 Å². The van der Waals surface area contributed by atoms with Gasteiger partial charge in [-0.15, -0.1) is 0 Å². The average molecular weight is 242 g/mol. The van der Waals surface area contributed by atoms with E-state index in [0.717, 1.165) is 42.6 Å². The highest BCUT2D eigenvalue weighted by atomic mass is 16.5. The molecule has 3 aliphatic rings. The fraction of sp³-hybridized carbons (Fsp3) is 0.438. The largest absolute Gasteiger partial charge is 0.488 e. The summed E-state index contributed by atoms with van der Waals surface area (Å²) in [7, 11) is 0. The summed E-state index contributed by atoms with van der Waals surface area (Å²) < 4.78 is 5.73. The van der Waals surface area contributed by atoms with Crippen LogP contribution in [-0.2, 0) is 9.53 Å². The molecule has 0 bridgehead atoms. The Bertz CT molecular complexity index is 503. The summed E-state index contributed by atoms with van der Waals surface area (Å²) in [6.07, 6.45) is 12.4. The molecule has 2 heteroatoms. The molecular formula is C16H18O2. The molecule has 0 saturated carbocycles. The third kappa shape index (κ3) is 1.96. The van der Waals surface area contributed by atoms with Crippen LogP contribution in [0.4, 0.5) is 0 Å². The van der Waals surface area contributed by atoms with Crippen molar-refractivity contribution in [2.75, 3.05) is 6.61 Å². The molecule has 0 N–H and O–H groups in total. The van der Waals surface area contributed by atoms with E-state index in [0.29, 0.717) is 12.5 Å². The maximum Gasteiger partial charge on any atom is 0.196 e. The second-order valence-electron chi connectivity index (χ2n) is 5.26. The predicted octanol–water partition coefficient (Wildman–Crippen LogP) is 3.47. The maximum absolute atomic E-state index is 12.5. The zero-order chi connectivity index (χ0) is 12.5. The van der Waals surface area contributed by atoms with E-state index in [1.807, 2.05) is 12.2 Å². The van der Waals surface area contributed by atoms with Gasteiger partial charge in [0.1, 0.15) is 12.4 Å². The van der Waals surface area contributed by atoms with E-state index in [1.54, 1.807) is 0 Å². The average Bonchev–Trinajstić information content (AvgIpc) is 2.41. The molecule has 1 atom stereocenters. The van der Waals surface area contributed by atoms with Crippen molar-refractivity contribution in [3.05, 3.63) is 46.8 Å². The summed E-state index contributed by atoms with van der Waals surface area (Å²) in [5.74, 6) is 1.60. The fourth-order valence-corrected chi connectivity index (χ4v) is 2.71. The fourth-order valence-electron chi connectivity index (χ4n) is 2.71. The van der Waals surface area contributed by atoms with Crippen LogP contribution in [0.25, 0.3) is 0 Å². The Balaban J connectivity index is 1.94. The lowest BCUT2D eigenvalue weighted by Gasteiger charge is -2.26. The minimum atomic E-state index is 0.182. The topological polar surface area (TPSA) is 26.3 Å². The Morgan fingerprint density at radius 3 is 2.89 bits per heavy atom. The molecule has 3 rings (SSSR count). The number of hydrogen-bond donors (Lipinski definition) is 0. The first kappa shape index (κ1) is 11.5. The Kier molecular flexibility index (Phi) is 2.94. The van der Waals surface area contributed by atoms with E-state index in [4.69, 9.17) is 4.74 Å². The molecule has 1 heterocycles. The highest BCUT2D eigenvalue weighted by Crippen LogP contribution is 2.32. The molecular weight excluding hydrogens is 224 g/mol. The van der Waals surface area contributed by atoms with Gasteiger partial charge >= 0.3 is 0 Å². The lowest BCUT2D eigenvalue weighted by Crippen LogP contribution is -2.23.